The first-order valence-electron chi connectivity index (χ1n) is 5.79. The minimum Gasteiger partial charge on any atom is -0.326 e. The lowest BCUT2D eigenvalue weighted by molar-refractivity contribution is 0.243. The van der Waals surface area contributed by atoms with Gasteiger partial charge in [0.25, 0.3) is 0 Å². The highest BCUT2D eigenvalue weighted by Gasteiger charge is 2.29. The Balaban J connectivity index is 2.33. The predicted octanol–water partition coefficient (Wildman–Crippen LogP) is 2.01. The van der Waals surface area contributed by atoms with Crippen molar-refractivity contribution in [1.29, 1.82) is 0 Å². The maximum atomic E-state index is 6.15. The van der Waals surface area contributed by atoms with E-state index in [1.54, 1.807) is 0 Å². The second-order valence-electron chi connectivity index (χ2n) is 4.52. The highest BCUT2D eigenvalue weighted by Crippen LogP contribution is 2.27. The Kier molecular flexibility index (Phi) is 4.63. The molecule has 0 saturated heterocycles. The molecule has 0 aromatic rings. The van der Waals surface area contributed by atoms with Crippen LogP contribution in [0.15, 0.2) is 12.7 Å². The lowest BCUT2D eigenvalue weighted by Gasteiger charge is -2.27. The van der Waals surface area contributed by atoms with Crippen molar-refractivity contribution < 1.29 is 0 Å². The molecule has 14 heavy (non-hydrogen) atoms. The molecule has 2 N–H and O–H groups in total. The Morgan fingerprint density at radius 1 is 1.57 bits per heavy atom. The Morgan fingerprint density at radius 2 is 2.21 bits per heavy atom. The molecule has 1 aliphatic rings. The number of hydrogen-bond acceptors (Lipinski definition) is 2. The number of hydrogen-bond donors (Lipinski definition) is 1. The lowest BCUT2D eigenvalue weighted by Crippen LogP contribution is -2.42. The molecular weight excluding hydrogens is 172 g/mol. The highest BCUT2D eigenvalue weighted by atomic mass is 15.2. The SMILES string of the molecule is C=CCN(CC(N)C(C)CC)C1CC1. The summed E-state index contributed by atoms with van der Waals surface area (Å²) in [5.74, 6) is 0.626. The molecule has 0 radical (unpaired) electrons. The van der Waals surface area contributed by atoms with Crippen LogP contribution in [0.1, 0.15) is 33.1 Å². The Bertz CT molecular complexity index is 175. The van der Waals surface area contributed by atoms with E-state index in [4.69, 9.17) is 5.73 Å². The van der Waals surface area contributed by atoms with Crippen molar-refractivity contribution in [2.75, 3.05) is 13.1 Å². The molecule has 0 bridgehead atoms. The van der Waals surface area contributed by atoms with Gasteiger partial charge in [0.1, 0.15) is 0 Å². The maximum absolute atomic E-state index is 6.15. The summed E-state index contributed by atoms with van der Waals surface area (Å²) in [5, 5.41) is 0. The minimum atomic E-state index is 0.320. The van der Waals surface area contributed by atoms with Gasteiger partial charge < -0.3 is 5.73 Å². The fourth-order valence-corrected chi connectivity index (χ4v) is 1.73. The smallest absolute Gasteiger partial charge is 0.0193 e. The van der Waals surface area contributed by atoms with Gasteiger partial charge in [0.05, 0.1) is 0 Å². The van der Waals surface area contributed by atoms with Crippen molar-refractivity contribution in [3.63, 3.8) is 0 Å². The Hall–Kier alpha value is -0.340. The van der Waals surface area contributed by atoms with Crippen molar-refractivity contribution in [1.82, 2.24) is 4.90 Å². The zero-order valence-corrected chi connectivity index (χ0v) is 9.58. The quantitative estimate of drug-likeness (QED) is 0.631. The predicted molar refractivity (Wildman–Crippen MR) is 62.2 cm³/mol. The van der Waals surface area contributed by atoms with Gasteiger partial charge in [-0.25, -0.2) is 0 Å². The molecule has 0 aliphatic heterocycles. The normalized spacial score (nSPS) is 20.9. The van der Waals surface area contributed by atoms with Crippen LogP contribution in [0.5, 0.6) is 0 Å². The van der Waals surface area contributed by atoms with Crippen LogP contribution in [0.3, 0.4) is 0 Å². The third-order valence-corrected chi connectivity index (χ3v) is 3.25. The molecule has 0 amide bonds. The van der Waals surface area contributed by atoms with E-state index in [-0.39, 0.29) is 0 Å². The van der Waals surface area contributed by atoms with Crippen LogP contribution in [0.4, 0.5) is 0 Å². The molecule has 1 rings (SSSR count). The van der Waals surface area contributed by atoms with Crippen molar-refractivity contribution in [2.45, 2.75) is 45.2 Å². The summed E-state index contributed by atoms with van der Waals surface area (Å²) >= 11 is 0. The molecule has 1 aliphatic carbocycles. The molecule has 0 aromatic carbocycles. The van der Waals surface area contributed by atoms with Gasteiger partial charge in [-0.15, -0.1) is 6.58 Å². The van der Waals surface area contributed by atoms with E-state index in [0.29, 0.717) is 12.0 Å². The Morgan fingerprint density at radius 3 is 2.64 bits per heavy atom. The summed E-state index contributed by atoms with van der Waals surface area (Å²) < 4.78 is 0. The van der Waals surface area contributed by atoms with E-state index in [1.165, 1.54) is 19.3 Å². The monoisotopic (exact) mass is 196 g/mol. The molecule has 0 spiro atoms. The zero-order chi connectivity index (χ0) is 10.6. The summed E-state index contributed by atoms with van der Waals surface area (Å²) in [6, 6.07) is 1.11. The molecule has 2 heteroatoms. The first-order chi connectivity index (χ1) is 6.69. The van der Waals surface area contributed by atoms with Crippen molar-refractivity contribution in [3.05, 3.63) is 12.7 Å². The van der Waals surface area contributed by atoms with Gasteiger partial charge in [0, 0.05) is 25.2 Å². The topological polar surface area (TPSA) is 29.3 Å². The fourth-order valence-electron chi connectivity index (χ4n) is 1.73. The molecule has 2 nitrogen and oxygen atoms in total. The Labute approximate surface area is 88.2 Å². The summed E-state index contributed by atoms with van der Waals surface area (Å²) in [6.07, 6.45) is 5.86. The average Bonchev–Trinajstić information content (AvgIpc) is 2.99. The molecular formula is C12H24N2. The molecule has 82 valence electrons. The number of nitrogens with zero attached hydrogens (tertiary/aromatic N) is 1. The fraction of sp³-hybridized carbons (Fsp3) is 0.833. The van der Waals surface area contributed by atoms with E-state index < -0.39 is 0 Å². The van der Waals surface area contributed by atoms with E-state index in [1.807, 2.05) is 6.08 Å². The standard InChI is InChI=1S/C12H24N2/c1-4-8-14(11-6-7-11)9-12(13)10(3)5-2/h4,10-12H,1,5-9,13H2,2-3H3. The van der Waals surface area contributed by atoms with E-state index in [0.717, 1.165) is 19.1 Å². The third kappa shape index (κ3) is 3.43. The van der Waals surface area contributed by atoms with E-state index in [9.17, 15) is 0 Å². The first kappa shape index (κ1) is 11.7. The average molecular weight is 196 g/mol. The molecule has 0 aromatic heterocycles. The molecule has 2 atom stereocenters. The van der Waals surface area contributed by atoms with Gasteiger partial charge in [-0.3, -0.25) is 4.90 Å². The van der Waals surface area contributed by atoms with Crippen LogP contribution >= 0.6 is 0 Å². The zero-order valence-electron chi connectivity index (χ0n) is 9.58. The maximum Gasteiger partial charge on any atom is 0.0193 e. The second kappa shape index (κ2) is 5.52. The molecule has 1 fully saturated rings. The van der Waals surface area contributed by atoms with Crippen LogP contribution in [0, 0.1) is 5.92 Å². The van der Waals surface area contributed by atoms with E-state index in [2.05, 4.69) is 25.3 Å². The second-order valence-corrected chi connectivity index (χ2v) is 4.52. The highest BCUT2D eigenvalue weighted by molar-refractivity contribution is 4.90. The van der Waals surface area contributed by atoms with E-state index >= 15 is 0 Å². The number of nitrogens with two attached hydrogens (primary N) is 1. The van der Waals surface area contributed by atoms with Crippen molar-refractivity contribution in [3.8, 4) is 0 Å². The van der Waals surface area contributed by atoms with Crippen LogP contribution in [-0.2, 0) is 0 Å². The van der Waals surface area contributed by atoms with Gasteiger partial charge in [-0.05, 0) is 18.8 Å². The summed E-state index contributed by atoms with van der Waals surface area (Å²) in [7, 11) is 0. The van der Waals surface area contributed by atoms with Gasteiger partial charge in [-0.2, -0.15) is 0 Å². The molecule has 2 unspecified atom stereocenters. The third-order valence-electron chi connectivity index (χ3n) is 3.25. The largest absolute Gasteiger partial charge is 0.326 e. The number of rotatable bonds is 7. The first-order valence-corrected chi connectivity index (χ1v) is 5.79. The van der Waals surface area contributed by atoms with Gasteiger partial charge in [0.2, 0.25) is 0 Å². The molecule has 1 saturated carbocycles. The van der Waals surface area contributed by atoms with Gasteiger partial charge >= 0.3 is 0 Å². The minimum absolute atomic E-state index is 0.320. The van der Waals surface area contributed by atoms with Gasteiger partial charge in [-0.1, -0.05) is 26.3 Å². The summed E-state index contributed by atoms with van der Waals surface area (Å²) in [5.41, 5.74) is 6.15. The van der Waals surface area contributed by atoms with Crippen molar-refractivity contribution in [2.24, 2.45) is 11.7 Å². The van der Waals surface area contributed by atoms with Crippen LogP contribution < -0.4 is 5.73 Å². The van der Waals surface area contributed by atoms with Gasteiger partial charge in [0.15, 0.2) is 0 Å². The van der Waals surface area contributed by atoms with Crippen LogP contribution in [-0.4, -0.2) is 30.1 Å². The molecule has 0 heterocycles. The summed E-state index contributed by atoms with van der Waals surface area (Å²) in [6.45, 7) is 10.3. The lowest BCUT2D eigenvalue weighted by atomic mass is 9.99. The summed E-state index contributed by atoms with van der Waals surface area (Å²) in [4.78, 5) is 2.48. The van der Waals surface area contributed by atoms with Crippen LogP contribution in [0.25, 0.3) is 0 Å². The van der Waals surface area contributed by atoms with Crippen LogP contribution in [0.2, 0.25) is 0 Å². The van der Waals surface area contributed by atoms with Crippen molar-refractivity contribution >= 4 is 0 Å².